The highest BCUT2D eigenvalue weighted by Crippen LogP contribution is 2.27. The molecule has 0 heterocycles. The SMILES string of the molecule is CNC(=O)C(C)N(Cc1ccc(Cl)c(Cl)c1)C(=O)CN(c1cc(C)ccc1C)S(=O)(=O)N(C)C. The summed E-state index contributed by atoms with van der Waals surface area (Å²) >= 11 is 12.1. The predicted molar refractivity (Wildman–Crippen MR) is 136 cm³/mol. The Balaban J connectivity index is 2.52. The second kappa shape index (κ2) is 11.4. The fourth-order valence-corrected chi connectivity index (χ4v) is 4.75. The zero-order chi connectivity index (χ0) is 25.8. The number of likely N-dealkylation sites (N-methyl/N-ethyl adjacent to an activating group) is 1. The Morgan fingerprint density at radius 3 is 2.24 bits per heavy atom. The predicted octanol–water partition coefficient (Wildman–Crippen LogP) is 3.39. The fourth-order valence-electron chi connectivity index (χ4n) is 3.32. The summed E-state index contributed by atoms with van der Waals surface area (Å²) in [5.74, 6) is -0.935. The van der Waals surface area contributed by atoms with Crippen molar-refractivity contribution in [3.63, 3.8) is 0 Å². The molecule has 0 aliphatic carbocycles. The number of anilines is 1. The zero-order valence-corrected chi connectivity index (χ0v) is 22.4. The van der Waals surface area contributed by atoms with Crippen molar-refractivity contribution in [1.82, 2.24) is 14.5 Å². The van der Waals surface area contributed by atoms with Gasteiger partial charge in [0.05, 0.1) is 15.7 Å². The van der Waals surface area contributed by atoms with Gasteiger partial charge in [0, 0.05) is 27.7 Å². The van der Waals surface area contributed by atoms with Crippen LogP contribution in [0.5, 0.6) is 0 Å². The molecule has 0 aliphatic rings. The third kappa shape index (κ3) is 6.41. The van der Waals surface area contributed by atoms with Gasteiger partial charge >= 0.3 is 10.2 Å². The Labute approximate surface area is 211 Å². The number of amides is 2. The van der Waals surface area contributed by atoms with E-state index in [4.69, 9.17) is 23.2 Å². The van der Waals surface area contributed by atoms with Crippen LogP contribution in [-0.4, -0.2) is 63.2 Å². The number of benzene rings is 2. The molecule has 0 fully saturated rings. The topological polar surface area (TPSA) is 90.0 Å². The lowest BCUT2D eigenvalue weighted by Crippen LogP contribution is -2.52. The van der Waals surface area contributed by atoms with Gasteiger partial charge in [0.25, 0.3) is 0 Å². The van der Waals surface area contributed by atoms with Crippen molar-refractivity contribution >= 4 is 50.9 Å². The molecule has 2 amide bonds. The van der Waals surface area contributed by atoms with Gasteiger partial charge in [-0.25, -0.2) is 4.31 Å². The molecule has 0 radical (unpaired) electrons. The number of carbonyl (C=O) groups is 2. The van der Waals surface area contributed by atoms with E-state index in [9.17, 15) is 18.0 Å². The van der Waals surface area contributed by atoms with Gasteiger partial charge in [-0.15, -0.1) is 0 Å². The van der Waals surface area contributed by atoms with Gasteiger partial charge in [-0.05, 0) is 55.7 Å². The molecular weight excluding hydrogens is 499 g/mol. The lowest BCUT2D eigenvalue weighted by Gasteiger charge is -2.33. The Hall–Kier alpha value is -2.33. The standard InChI is InChI=1S/C23H30Cl2N4O4S/c1-15-7-8-16(2)21(11-15)29(34(32,33)27(5)6)14-22(30)28(17(3)23(31)26-4)13-18-9-10-19(24)20(25)12-18/h7-12,17H,13-14H2,1-6H3,(H,26,31). The molecule has 0 saturated heterocycles. The van der Waals surface area contributed by atoms with Gasteiger partial charge in [0.1, 0.15) is 12.6 Å². The van der Waals surface area contributed by atoms with Gasteiger partial charge in [0.15, 0.2) is 0 Å². The Kier molecular flexibility index (Phi) is 9.36. The summed E-state index contributed by atoms with van der Waals surface area (Å²) in [6.07, 6.45) is 0. The van der Waals surface area contributed by atoms with Crippen LogP contribution in [0.2, 0.25) is 10.0 Å². The number of nitrogens with zero attached hydrogens (tertiary/aromatic N) is 3. The number of aryl methyl sites for hydroxylation is 2. The van der Waals surface area contributed by atoms with Crippen LogP contribution in [0.1, 0.15) is 23.6 Å². The van der Waals surface area contributed by atoms with Crippen molar-refractivity contribution in [2.45, 2.75) is 33.4 Å². The van der Waals surface area contributed by atoms with Crippen molar-refractivity contribution in [2.75, 3.05) is 32.0 Å². The molecule has 0 bridgehead atoms. The normalized spacial score (nSPS) is 12.4. The first-order valence-electron chi connectivity index (χ1n) is 10.5. The van der Waals surface area contributed by atoms with Crippen molar-refractivity contribution in [3.8, 4) is 0 Å². The lowest BCUT2D eigenvalue weighted by atomic mass is 10.1. The highest BCUT2D eigenvalue weighted by Gasteiger charge is 2.33. The first kappa shape index (κ1) is 27.9. The van der Waals surface area contributed by atoms with Crippen LogP contribution in [0.3, 0.4) is 0 Å². The summed E-state index contributed by atoms with van der Waals surface area (Å²) in [6, 6.07) is 9.43. The molecular formula is C23H30Cl2N4O4S. The molecule has 2 aromatic rings. The van der Waals surface area contributed by atoms with Crippen LogP contribution in [0.4, 0.5) is 5.69 Å². The van der Waals surface area contributed by atoms with E-state index >= 15 is 0 Å². The average Bonchev–Trinajstić information content (AvgIpc) is 2.78. The van der Waals surface area contributed by atoms with E-state index in [-0.39, 0.29) is 12.5 Å². The first-order valence-corrected chi connectivity index (χ1v) is 12.7. The van der Waals surface area contributed by atoms with Gasteiger partial charge in [-0.3, -0.25) is 9.59 Å². The highest BCUT2D eigenvalue weighted by molar-refractivity contribution is 7.90. The van der Waals surface area contributed by atoms with Crippen molar-refractivity contribution in [2.24, 2.45) is 0 Å². The number of hydrogen-bond acceptors (Lipinski definition) is 4. The van der Waals surface area contributed by atoms with E-state index in [2.05, 4.69) is 5.32 Å². The van der Waals surface area contributed by atoms with E-state index < -0.39 is 28.7 Å². The largest absolute Gasteiger partial charge is 0.357 e. The first-order chi connectivity index (χ1) is 15.8. The second-order valence-corrected chi connectivity index (χ2v) is 11.0. The molecule has 0 spiro atoms. The maximum absolute atomic E-state index is 13.6. The number of nitrogens with one attached hydrogen (secondary N) is 1. The van der Waals surface area contributed by atoms with Crippen LogP contribution in [0, 0.1) is 13.8 Å². The minimum atomic E-state index is -4.02. The minimum absolute atomic E-state index is 0.0347. The van der Waals surface area contributed by atoms with Gasteiger partial charge in [-0.2, -0.15) is 12.7 Å². The van der Waals surface area contributed by atoms with E-state index in [1.807, 2.05) is 13.0 Å². The Morgan fingerprint density at radius 1 is 1.03 bits per heavy atom. The zero-order valence-electron chi connectivity index (χ0n) is 20.1. The average molecular weight is 529 g/mol. The van der Waals surface area contributed by atoms with Crippen LogP contribution in [-0.2, 0) is 26.3 Å². The highest BCUT2D eigenvalue weighted by atomic mass is 35.5. The third-order valence-electron chi connectivity index (χ3n) is 5.40. The van der Waals surface area contributed by atoms with Crippen molar-refractivity contribution in [3.05, 3.63) is 63.1 Å². The third-order valence-corrected chi connectivity index (χ3v) is 7.95. The minimum Gasteiger partial charge on any atom is -0.357 e. The summed E-state index contributed by atoms with van der Waals surface area (Å²) in [4.78, 5) is 27.3. The summed E-state index contributed by atoms with van der Waals surface area (Å²) in [6.45, 7) is 4.74. The van der Waals surface area contributed by atoms with Crippen LogP contribution >= 0.6 is 23.2 Å². The van der Waals surface area contributed by atoms with E-state index in [1.165, 1.54) is 26.0 Å². The molecule has 1 atom stereocenters. The van der Waals surface area contributed by atoms with Gasteiger partial charge in [0.2, 0.25) is 11.8 Å². The number of carbonyl (C=O) groups excluding carboxylic acids is 2. The van der Waals surface area contributed by atoms with Crippen LogP contribution in [0.25, 0.3) is 0 Å². The van der Waals surface area contributed by atoms with Crippen LogP contribution in [0.15, 0.2) is 36.4 Å². The monoisotopic (exact) mass is 528 g/mol. The molecule has 2 rings (SSSR count). The van der Waals surface area contributed by atoms with E-state index in [1.54, 1.807) is 44.2 Å². The van der Waals surface area contributed by atoms with Gasteiger partial charge < -0.3 is 10.2 Å². The summed E-state index contributed by atoms with van der Waals surface area (Å²) in [7, 11) is 0.258. The molecule has 0 saturated carbocycles. The molecule has 1 N–H and O–H groups in total. The van der Waals surface area contributed by atoms with Crippen molar-refractivity contribution < 1.29 is 18.0 Å². The number of rotatable bonds is 9. The lowest BCUT2D eigenvalue weighted by molar-refractivity contribution is -0.139. The molecule has 34 heavy (non-hydrogen) atoms. The van der Waals surface area contributed by atoms with Crippen molar-refractivity contribution in [1.29, 1.82) is 0 Å². The maximum Gasteiger partial charge on any atom is 0.304 e. The Bertz CT molecular complexity index is 1170. The van der Waals surface area contributed by atoms with E-state index in [0.29, 0.717) is 26.9 Å². The smallest absolute Gasteiger partial charge is 0.304 e. The number of hydrogen-bond donors (Lipinski definition) is 1. The molecule has 2 aromatic carbocycles. The quantitative estimate of drug-likeness (QED) is 0.540. The molecule has 11 heteroatoms. The second-order valence-electron chi connectivity index (χ2n) is 8.15. The molecule has 186 valence electrons. The molecule has 8 nitrogen and oxygen atoms in total. The number of halogens is 2. The van der Waals surface area contributed by atoms with Gasteiger partial charge in [-0.1, -0.05) is 41.4 Å². The summed E-state index contributed by atoms with van der Waals surface area (Å²) < 4.78 is 28.6. The molecule has 1 unspecified atom stereocenters. The fraction of sp³-hybridized carbons (Fsp3) is 0.391. The van der Waals surface area contributed by atoms with Crippen LogP contribution < -0.4 is 9.62 Å². The maximum atomic E-state index is 13.6. The Morgan fingerprint density at radius 2 is 1.68 bits per heavy atom. The summed E-state index contributed by atoms with van der Waals surface area (Å²) in [5, 5.41) is 3.21. The summed E-state index contributed by atoms with van der Waals surface area (Å²) in [5.41, 5.74) is 2.58. The van der Waals surface area contributed by atoms with E-state index in [0.717, 1.165) is 14.2 Å². The molecule has 0 aromatic heterocycles. The molecule has 0 aliphatic heterocycles.